The molecule has 5 atom stereocenters. The van der Waals surface area contributed by atoms with Crippen LogP contribution < -0.4 is 16.4 Å². The minimum absolute atomic E-state index is 0.0282. The predicted octanol–water partition coefficient (Wildman–Crippen LogP) is 1.46. The molecule has 4 amide bonds. The van der Waals surface area contributed by atoms with Crippen molar-refractivity contribution in [3.63, 3.8) is 0 Å². The monoisotopic (exact) mass is 558 g/mol. The van der Waals surface area contributed by atoms with E-state index in [1.165, 1.54) is 11.8 Å². The number of piperidine rings is 1. The molecule has 0 aromatic rings. The van der Waals surface area contributed by atoms with Gasteiger partial charge < -0.3 is 26.0 Å². The summed E-state index contributed by atoms with van der Waals surface area (Å²) >= 11 is 0. The van der Waals surface area contributed by atoms with E-state index in [-0.39, 0.29) is 48.3 Å². The molecule has 0 bridgehead atoms. The highest BCUT2D eigenvalue weighted by molar-refractivity contribution is 6.37. The highest BCUT2D eigenvalue weighted by atomic mass is 16.6. The first kappa shape index (κ1) is 31.1. The van der Waals surface area contributed by atoms with Crippen molar-refractivity contribution in [2.45, 2.75) is 104 Å². The Morgan fingerprint density at radius 2 is 1.73 bits per heavy atom. The fourth-order valence-electron chi connectivity index (χ4n) is 5.92. The summed E-state index contributed by atoms with van der Waals surface area (Å²) in [6, 6.07) is -3.10. The zero-order chi connectivity index (χ0) is 30.0. The topological polar surface area (TPSA) is 165 Å². The number of ether oxygens (including phenoxy) is 1. The maximum atomic E-state index is 13.9. The molecule has 4 N–H and O–H groups in total. The Hall–Kier alpha value is -3.42. The molecule has 4 unspecified atom stereocenters. The van der Waals surface area contributed by atoms with Gasteiger partial charge in [-0.3, -0.25) is 24.0 Å². The van der Waals surface area contributed by atoms with Gasteiger partial charge in [0.15, 0.2) is 0 Å². The normalized spacial score (nSPS) is 24.2. The number of hydrogen-bond acceptors (Lipinski definition) is 7. The summed E-state index contributed by atoms with van der Waals surface area (Å²) in [4.78, 5) is 78.0. The van der Waals surface area contributed by atoms with E-state index in [4.69, 9.17) is 10.5 Å². The van der Waals surface area contributed by atoms with Crippen LogP contribution in [0.2, 0.25) is 0 Å². The third-order valence-corrected chi connectivity index (χ3v) is 8.34. The molecule has 1 heterocycles. The average molecular weight is 559 g/mol. The Morgan fingerprint density at radius 3 is 2.25 bits per heavy atom. The van der Waals surface area contributed by atoms with Crippen LogP contribution in [0, 0.1) is 35.0 Å². The van der Waals surface area contributed by atoms with Crippen molar-refractivity contribution in [1.29, 1.82) is 0 Å². The van der Waals surface area contributed by atoms with Gasteiger partial charge in [0.1, 0.15) is 17.7 Å². The summed E-state index contributed by atoms with van der Waals surface area (Å²) in [5.41, 5.74) is 4.25. The maximum Gasteiger partial charge on any atom is 0.408 e. The van der Waals surface area contributed by atoms with E-state index in [1.807, 2.05) is 13.8 Å². The number of carbonyl (C=O) groups is 6. The SMILES string of the molecule is CC#CC(=O)CC[C@H](NC(=O)OC(C)(C)C)C(=O)N1CC2C(C1C(=O)NC(CC1CCC1)C(=O)C(N)=O)C2(C)C. The molecule has 3 fully saturated rings. The zero-order valence-electron chi connectivity index (χ0n) is 24.3. The summed E-state index contributed by atoms with van der Waals surface area (Å²) in [5, 5.41) is 5.30. The highest BCUT2D eigenvalue weighted by Gasteiger charge is 2.69. The first-order chi connectivity index (χ1) is 18.6. The van der Waals surface area contributed by atoms with Crippen molar-refractivity contribution >= 4 is 35.4 Å². The van der Waals surface area contributed by atoms with Crippen LogP contribution in [0.25, 0.3) is 0 Å². The number of primary amides is 1. The summed E-state index contributed by atoms with van der Waals surface area (Å²) in [6.07, 6.45) is 2.23. The standard InChI is InChI=1S/C29H42N4O7/c1-7-9-17(34)12-13-19(32-27(39)40-28(2,3)4)26(38)33-15-18-21(29(18,5)6)22(33)25(37)31-20(23(35)24(30)36)14-16-10-8-11-16/h16,18-22H,8,10-15H2,1-6H3,(H2,30,36)(H,31,37)(H,32,39)/t18?,19-,20?,21?,22?/m0/s1. The molecular weight excluding hydrogens is 516 g/mol. The molecular formula is C29H42N4O7. The van der Waals surface area contributed by atoms with Crippen LogP contribution in [-0.2, 0) is 28.7 Å². The van der Waals surface area contributed by atoms with E-state index >= 15 is 0 Å². The molecule has 11 nitrogen and oxygen atoms in total. The van der Waals surface area contributed by atoms with Crippen molar-refractivity contribution in [2.24, 2.45) is 28.9 Å². The van der Waals surface area contributed by atoms with E-state index in [2.05, 4.69) is 22.5 Å². The largest absolute Gasteiger partial charge is 0.444 e. The molecule has 1 saturated heterocycles. The Bertz CT molecular complexity index is 1130. The lowest BCUT2D eigenvalue weighted by Gasteiger charge is -2.34. The number of Topliss-reactive ketones (excluding diaryl/α,β-unsaturated/α-hetero) is 2. The number of nitrogens with one attached hydrogen (secondary N) is 2. The molecule has 0 aromatic heterocycles. The number of rotatable bonds is 11. The molecule has 1 aliphatic heterocycles. The van der Waals surface area contributed by atoms with Gasteiger partial charge in [0.05, 0.1) is 6.04 Å². The van der Waals surface area contributed by atoms with Crippen molar-refractivity contribution < 1.29 is 33.5 Å². The summed E-state index contributed by atoms with van der Waals surface area (Å²) in [6.45, 7) is 10.9. The van der Waals surface area contributed by atoms with Gasteiger partial charge in [0.25, 0.3) is 5.91 Å². The van der Waals surface area contributed by atoms with Crippen LogP contribution in [0.15, 0.2) is 0 Å². The van der Waals surface area contributed by atoms with Crippen molar-refractivity contribution in [3.05, 3.63) is 0 Å². The van der Waals surface area contributed by atoms with Gasteiger partial charge in [-0.05, 0) is 69.6 Å². The summed E-state index contributed by atoms with van der Waals surface area (Å²) in [7, 11) is 0. The lowest BCUT2D eigenvalue weighted by molar-refractivity contribution is -0.144. The third kappa shape index (κ3) is 7.20. The van der Waals surface area contributed by atoms with Gasteiger partial charge in [-0.25, -0.2) is 4.79 Å². The fourth-order valence-corrected chi connectivity index (χ4v) is 5.92. The van der Waals surface area contributed by atoms with Gasteiger partial charge in [0.2, 0.25) is 23.4 Å². The molecule has 0 radical (unpaired) electrons. The van der Waals surface area contributed by atoms with Crippen LogP contribution in [-0.4, -0.2) is 70.6 Å². The fraction of sp³-hybridized carbons (Fsp3) is 0.724. The van der Waals surface area contributed by atoms with Crippen LogP contribution in [0.5, 0.6) is 0 Å². The molecule has 0 spiro atoms. The Morgan fingerprint density at radius 1 is 1.07 bits per heavy atom. The van der Waals surface area contributed by atoms with Crippen molar-refractivity contribution in [3.8, 4) is 11.8 Å². The molecule has 2 saturated carbocycles. The van der Waals surface area contributed by atoms with Gasteiger partial charge in [-0.2, -0.15) is 0 Å². The van der Waals surface area contributed by atoms with Crippen LogP contribution in [0.3, 0.4) is 0 Å². The van der Waals surface area contributed by atoms with Crippen LogP contribution in [0.1, 0.15) is 80.1 Å². The minimum Gasteiger partial charge on any atom is -0.444 e. The van der Waals surface area contributed by atoms with E-state index in [0.717, 1.165) is 19.3 Å². The zero-order valence-corrected chi connectivity index (χ0v) is 24.3. The van der Waals surface area contributed by atoms with E-state index in [0.29, 0.717) is 6.42 Å². The van der Waals surface area contributed by atoms with Gasteiger partial charge >= 0.3 is 6.09 Å². The third-order valence-electron chi connectivity index (χ3n) is 8.34. The molecule has 0 aromatic carbocycles. The van der Waals surface area contributed by atoms with Crippen LogP contribution >= 0.6 is 0 Å². The summed E-state index contributed by atoms with van der Waals surface area (Å²) in [5.74, 6) is 1.63. The second-order valence-corrected chi connectivity index (χ2v) is 12.7. The van der Waals surface area contributed by atoms with Crippen LogP contribution in [0.4, 0.5) is 4.79 Å². The van der Waals surface area contributed by atoms with Gasteiger partial charge in [0, 0.05) is 13.0 Å². The molecule has 2 aliphatic carbocycles. The number of fused-ring (bicyclic) bond motifs is 1. The lowest BCUT2D eigenvalue weighted by Crippen LogP contribution is -2.58. The Balaban J connectivity index is 1.83. The van der Waals surface area contributed by atoms with Crippen molar-refractivity contribution in [2.75, 3.05) is 6.54 Å². The predicted molar refractivity (Wildman–Crippen MR) is 145 cm³/mol. The second kappa shape index (κ2) is 12.0. The van der Waals surface area contributed by atoms with Crippen molar-refractivity contribution in [1.82, 2.24) is 15.5 Å². The smallest absolute Gasteiger partial charge is 0.408 e. The number of nitrogens with two attached hydrogens (primary N) is 1. The average Bonchev–Trinajstić information content (AvgIpc) is 3.14. The molecule has 40 heavy (non-hydrogen) atoms. The minimum atomic E-state index is -1.13. The summed E-state index contributed by atoms with van der Waals surface area (Å²) < 4.78 is 5.33. The first-order valence-electron chi connectivity index (χ1n) is 14.0. The molecule has 11 heteroatoms. The maximum absolute atomic E-state index is 13.9. The highest BCUT2D eigenvalue weighted by Crippen LogP contribution is 2.65. The number of hydrogen-bond donors (Lipinski definition) is 3. The Kier molecular flexibility index (Phi) is 9.32. The number of alkyl carbamates (subject to hydrolysis) is 1. The number of carbonyl (C=O) groups excluding carboxylic acids is 6. The second-order valence-electron chi connectivity index (χ2n) is 12.7. The quantitative estimate of drug-likeness (QED) is 0.196. The lowest BCUT2D eigenvalue weighted by atomic mass is 9.80. The van der Waals surface area contributed by atoms with Gasteiger partial charge in [-0.1, -0.05) is 39.0 Å². The first-order valence-corrected chi connectivity index (χ1v) is 14.0. The molecule has 220 valence electrons. The molecule has 3 aliphatic rings. The van der Waals surface area contributed by atoms with E-state index in [1.54, 1.807) is 20.8 Å². The number of likely N-dealkylation sites (tertiary alicyclic amines) is 1. The van der Waals surface area contributed by atoms with E-state index < -0.39 is 53.3 Å². The molecule has 3 rings (SSSR count). The number of nitrogens with zero attached hydrogens (tertiary/aromatic N) is 1. The number of amides is 4. The van der Waals surface area contributed by atoms with Gasteiger partial charge in [-0.15, -0.1) is 0 Å². The number of ketones is 2. The Labute approximate surface area is 235 Å². The van der Waals surface area contributed by atoms with E-state index in [9.17, 15) is 28.8 Å².